The van der Waals surface area contributed by atoms with Gasteiger partial charge in [-0.1, -0.05) is 13.8 Å². The van der Waals surface area contributed by atoms with Crippen LogP contribution in [0.2, 0.25) is 0 Å². The van der Waals surface area contributed by atoms with Gasteiger partial charge in [0.15, 0.2) is 5.82 Å². The van der Waals surface area contributed by atoms with Crippen LogP contribution in [0.25, 0.3) is 0 Å². The Balaban J connectivity index is 0.000000285. The van der Waals surface area contributed by atoms with Crippen LogP contribution >= 0.6 is 0 Å². The first kappa shape index (κ1) is 19.3. The smallest absolute Gasteiger partial charge is 0.171 e. The van der Waals surface area contributed by atoms with Gasteiger partial charge in [-0.25, -0.2) is 4.68 Å². The molecule has 0 bridgehead atoms. The quantitative estimate of drug-likeness (QED) is 0.564. The van der Waals surface area contributed by atoms with E-state index >= 15 is 0 Å². The lowest BCUT2D eigenvalue weighted by Crippen LogP contribution is -1.92. The maximum atomic E-state index is 3.81. The first-order valence-electron chi connectivity index (χ1n) is 6.67. The summed E-state index contributed by atoms with van der Waals surface area (Å²) in [6.07, 6.45) is 3.28. The average Bonchev–Trinajstić information content (AvgIpc) is 3.21. The summed E-state index contributed by atoms with van der Waals surface area (Å²) in [7, 11) is 5.41. The summed E-state index contributed by atoms with van der Waals surface area (Å²) in [5, 5.41) is 28.6. The molecule has 3 heterocycles. The van der Waals surface area contributed by atoms with Crippen LogP contribution in [-0.4, -0.2) is 55.2 Å². The summed E-state index contributed by atoms with van der Waals surface area (Å²) in [6, 6.07) is 0. The number of nitrogens with zero attached hydrogens (tertiary/aromatic N) is 11. The molecule has 3 rings (SSSR count). The van der Waals surface area contributed by atoms with Crippen molar-refractivity contribution in [2.45, 2.75) is 27.7 Å². The van der Waals surface area contributed by atoms with E-state index in [0.29, 0.717) is 5.82 Å². The largest absolute Gasteiger partial charge is 0.323 e. The standard InChI is InChI=1S/2C3H6N4.C3H5N3.C2H6/c1-3-4-5-6-7(3)2;1-3-4-6-7(2)5-3;1-6-2-4-5-3-6;1-2/h2*1-2H3;2-3H,1H3;1-2H3. The molecule has 3 aromatic heterocycles. The van der Waals surface area contributed by atoms with E-state index in [0.717, 1.165) is 5.82 Å². The normalized spacial score (nSPS) is 8.68. The lowest BCUT2D eigenvalue weighted by molar-refractivity contribution is 0.629. The van der Waals surface area contributed by atoms with Gasteiger partial charge in [0.1, 0.15) is 18.5 Å². The van der Waals surface area contributed by atoms with Crippen LogP contribution in [0.1, 0.15) is 25.5 Å². The summed E-state index contributed by atoms with van der Waals surface area (Å²) in [5.41, 5.74) is 0. The fourth-order valence-corrected chi connectivity index (χ4v) is 0.905. The first-order chi connectivity index (χ1) is 10.5. The molecule has 0 fully saturated rings. The van der Waals surface area contributed by atoms with Gasteiger partial charge in [-0.15, -0.1) is 25.5 Å². The summed E-state index contributed by atoms with van der Waals surface area (Å²) in [6.45, 7) is 7.65. The van der Waals surface area contributed by atoms with Gasteiger partial charge in [-0.05, 0) is 29.5 Å². The zero-order valence-corrected chi connectivity index (χ0v) is 14.1. The van der Waals surface area contributed by atoms with Gasteiger partial charge in [-0.2, -0.15) is 4.80 Å². The van der Waals surface area contributed by atoms with E-state index in [4.69, 9.17) is 0 Å². The predicted octanol–water partition coefficient (Wildman–Crippen LogP) is -0.122. The molecule has 0 aliphatic rings. The van der Waals surface area contributed by atoms with E-state index in [9.17, 15) is 0 Å². The molecule has 22 heavy (non-hydrogen) atoms. The van der Waals surface area contributed by atoms with Gasteiger partial charge in [0.05, 0.1) is 7.05 Å². The summed E-state index contributed by atoms with van der Waals surface area (Å²) in [4.78, 5) is 1.43. The third-order valence-corrected chi connectivity index (χ3v) is 1.97. The Kier molecular flexibility index (Phi) is 9.64. The Morgan fingerprint density at radius 2 is 1.45 bits per heavy atom. The molecule has 0 saturated heterocycles. The molecule has 0 N–H and O–H groups in total. The molecule has 0 unspecified atom stereocenters. The Hall–Kier alpha value is -2.72. The second-order valence-corrected chi connectivity index (χ2v) is 3.80. The van der Waals surface area contributed by atoms with Crippen molar-refractivity contribution >= 4 is 0 Å². The van der Waals surface area contributed by atoms with Crippen molar-refractivity contribution in [3.63, 3.8) is 0 Å². The molecule has 0 aromatic carbocycles. The van der Waals surface area contributed by atoms with Crippen molar-refractivity contribution in [1.29, 1.82) is 0 Å². The maximum Gasteiger partial charge on any atom is 0.171 e. The Morgan fingerprint density at radius 1 is 0.864 bits per heavy atom. The van der Waals surface area contributed by atoms with E-state index in [1.807, 2.05) is 27.8 Å². The fraction of sp³-hybridized carbons (Fsp3) is 0.636. The molecule has 11 nitrogen and oxygen atoms in total. The third-order valence-electron chi connectivity index (χ3n) is 1.97. The number of rotatable bonds is 0. The zero-order chi connectivity index (χ0) is 17.0. The molecule has 0 saturated carbocycles. The topological polar surface area (TPSA) is 118 Å². The molecular formula is C11H23N11. The summed E-state index contributed by atoms with van der Waals surface area (Å²) < 4.78 is 3.39. The van der Waals surface area contributed by atoms with Gasteiger partial charge < -0.3 is 4.57 Å². The highest BCUT2D eigenvalue weighted by atomic mass is 15.6. The van der Waals surface area contributed by atoms with E-state index in [-0.39, 0.29) is 0 Å². The Bertz CT molecular complexity index is 562. The van der Waals surface area contributed by atoms with Crippen molar-refractivity contribution in [2.75, 3.05) is 0 Å². The second-order valence-electron chi connectivity index (χ2n) is 3.80. The van der Waals surface area contributed by atoms with Crippen molar-refractivity contribution < 1.29 is 0 Å². The fourth-order valence-electron chi connectivity index (χ4n) is 0.905. The van der Waals surface area contributed by atoms with E-state index < -0.39 is 0 Å². The van der Waals surface area contributed by atoms with Crippen LogP contribution in [0.3, 0.4) is 0 Å². The highest BCUT2D eigenvalue weighted by Gasteiger charge is 1.87. The van der Waals surface area contributed by atoms with Gasteiger partial charge in [-0.3, -0.25) is 0 Å². The first-order valence-corrected chi connectivity index (χ1v) is 6.67. The van der Waals surface area contributed by atoms with E-state index in [1.54, 1.807) is 42.9 Å². The van der Waals surface area contributed by atoms with Crippen LogP contribution < -0.4 is 0 Å². The highest BCUT2D eigenvalue weighted by Crippen LogP contribution is 1.78. The van der Waals surface area contributed by atoms with Gasteiger partial charge in [0.25, 0.3) is 0 Å². The van der Waals surface area contributed by atoms with Gasteiger partial charge in [0.2, 0.25) is 0 Å². The maximum absolute atomic E-state index is 3.81. The number of aromatic nitrogens is 11. The minimum atomic E-state index is 0.711. The van der Waals surface area contributed by atoms with Crippen LogP contribution in [0, 0.1) is 13.8 Å². The summed E-state index contributed by atoms with van der Waals surface area (Å²) in [5.74, 6) is 1.54. The molecule has 0 aliphatic heterocycles. The minimum Gasteiger partial charge on any atom is -0.323 e. The molecule has 0 atom stereocenters. The lowest BCUT2D eigenvalue weighted by atomic mass is 10.7. The van der Waals surface area contributed by atoms with E-state index in [1.165, 1.54) is 4.80 Å². The van der Waals surface area contributed by atoms with Crippen molar-refractivity contribution in [3.05, 3.63) is 24.3 Å². The molecule has 0 aliphatic carbocycles. The van der Waals surface area contributed by atoms with Crippen LogP contribution in [0.15, 0.2) is 12.7 Å². The number of aryl methyl sites for hydroxylation is 5. The molecule has 3 aromatic rings. The Labute approximate surface area is 129 Å². The summed E-state index contributed by atoms with van der Waals surface area (Å²) >= 11 is 0. The minimum absolute atomic E-state index is 0.711. The SMILES string of the molecule is CC.Cc1nnn(C)n1.Cc1nnnn1C.Cn1cnnc1. The van der Waals surface area contributed by atoms with Crippen molar-refractivity contribution in [1.82, 2.24) is 55.2 Å². The molecular weight excluding hydrogens is 286 g/mol. The number of hydrogen-bond acceptors (Lipinski definition) is 8. The van der Waals surface area contributed by atoms with Crippen LogP contribution in [0.4, 0.5) is 0 Å². The number of tetrazole rings is 2. The van der Waals surface area contributed by atoms with Gasteiger partial charge in [0, 0.05) is 14.1 Å². The highest BCUT2D eigenvalue weighted by molar-refractivity contribution is 4.69. The second kappa shape index (κ2) is 11.0. The predicted molar refractivity (Wildman–Crippen MR) is 79.4 cm³/mol. The average molecular weight is 309 g/mol. The number of hydrogen-bond donors (Lipinski definition) is 0. The van der Waals surface area contributed by atoms with Crippen LogP contribution in [-0.2, 0) is 21.1 Å². The third kappa shape index (κ3) is 8.45. The Morgan fingerprint density at radius 3 is 1.59 bits per heavy atom. The van der Waals surface area contributed by atoms with E-state index in [2.05, 4.69) is 41.1 Å². The molecule has 0 radical (unpaired) electrons. The molecule has 0 amide bonds. The zero-order valence-electron chi connectivity index (χ0n) is 14.1. The monoisotopic (exact) mass is 309 g/mol. The van der Waals surface area contributed by atoms with Crippen LogP contribution in [0.5, 0.6) is 0 Å². The van der Waals surface area contributed by atoms with Gasteiger partial charge >= 0.3 is 0 Å². The van der Waals surface area contributed by atoms with Crippen molar-refractivity contribution in [3.8, 4) is 0 Å². The molecule has 122 valence electrons. The molecule has 11 heteroatoms. The lowest BCUT2D eigenvalue weighted by Gasteiger charge is -1.81. The van der Waals surface area contributed by atoms with Crippen molar-refractivity contribution in [2.24, 2.45) is 21.1 Å². The molecule has 0 spiro atoms.